The summed E-state index contributed by atoms with van der Waals surface area (Å²) >= 11 is 0. The fourth-order valence-electron chi connectivity index (χ4n) is 0.574. The molecule has 0 aromatic rings. The van der Waals surface area contributed by atoms with Gasteiger partial charge in [0, 0.05) is 9.13 Å². The minimum absolute atomic E-state index is 0.391. The summed E-state index contributed by atoms with van der Waals surface area (Å²) in [5.41, 5.74) is 0. The summed E-state index contributed by atoms with van der Waals surface area (Å²) < 4.78 is 28.3. The SMILES string of the molecule is CCCCO[P+](=O)O.CCCCO[P+](=O)O. The molecule has 0 saturated carbocycles. The Bertz CT molecular complexity index is 167. The van der Waals surface area contributed by atoms with Crippen molar-refractivity contribution in [3.63, 3.8) is 0 Å². The zero-order chi connectivity index (χ0) is 12.8. The predicted molar refractivity (Wildman–Crippen MR) is 61.4 cm³/mol. The van der Waals surface area contributed by atoms with Gasteiger partial charge in [-0.1, -0.05) is 26.7 Å². The first kappa shape index (κ1) is 18.4. The maximum absolute atomic E-state index is 9.80. The van der Waals surface area contributed by atoms with Gasteiger partial charge in [0.2, 0.25) is 0 Å². The summed E-state index contributed by atoms with van der Waals surface area (Å²) in [7, 11) is -4.72. The maximum atomic E-state index is 9.80. The first-order valence-corrected chi connectivity index (χ1v) is 7.38. The van der Waals surface area contributed by atoms with Crippen LogP contribution in [-0.2, 0) is 18.2 Å². The highest BCUT2D eigenvalue weighted by Crippen LogP contribution is 2.14. The molecule has 0 aliphatic rings. The van der Waals surface area contributed by atoms with Crippen molar-refractivity contribution in [2.45, 2.75) is 39.5 Å². The summed E-state index contributed by atoms with van der Waals surface area (Å²) in [5.74, 6) is 0. The molecule has 0 aliphatic heterocycles. The lowest BCUT2D eigenvalue weighted by atomic mass is 10.4. The fraction of sp³-hybridized carbons (Fsp3) is 1.00. The third-order valence-electron chi connectivity index (χ3n) is 1.40. The normalized spacial score (nSPS) is 11.5. The molecule has 0 bridgehead atoms. The van der Waals surface area contributed by atoms with Gasteiger partial charge in [-0.2, -0.15) is 0 Å². The van der Waals surface area contributed by atoms with E-state index in [1.54, 1.807) is 0 Å². The Hall–Kier alpha value is 0.0400. The van der Waals surface area contributed by atoms with E-state index in [4.69, 9.17) is 9.79 Å². The average molecular weight is 274 g/mol. The van der Waals surface area contributed by atoms with E-state index in [9.17, 15) is 9.13 Å². The maximum Gasteiger partial charge on any atom is 0.694 e. The van der Waals surface area contributed by atoms with E-state index in [1.165, 1.54) is 0 Å². The van der Waals surface area contributed by atoms with Crippen LogP contribution in [0.25, 0.3) is 0 Å². The molecule has 0 aromatic carbocycles. The van der Waals surface area contributed by atoms with Gasteiger partial charge in [-0.3, -0.25) is 0 Å². The molecule has 0 spiro atoms. The monoisotopic (exact) mass is 274 g/mol. The van der Waals surface area contributed by atoms with Crippen LogP contribution in [0.3, 0.4) is 0 Å². The molecular formula is C8H20O6P2+2. The highest BCUT2D eigenvalue weighted by atomic mass is 31.1. The molecule has 16 heavy (non-hydrogen) atoms. The van der Waals surface area contributed by atoms with Crippen LogP contribution in [0.2, 0.25) is 0 Å². The zero-order valence-electron chi connectivity index (χ0n) is 9.66. The molecule has 96 valence electrons. The Morgan fingerprint density at radius 1 is 0.875 bits per heavy atom. The van der Waals surface area contributed by atoms with Crippen molar-refractivity contribution in [2.24, 2.45) is 0 Å². The van der Waals surface area contributed by atoms with Gasteiger partial charge >= 0.3 is 16.5 Å². The van der Waals surface area contributed by atoms with Gasteiger partial charge in [0.05, 0.1) is 0 Å². The van der Waals surface area contributed by atoms with Crippen LogP contribution in [0.15, 0.2) is 0 Å². The lowest BCUT2D eigenvalue weighted by Gasteiger charge is -1.83. The molecule has 2 N–H and O–H groups in total. The Labute approximate surface area is 97.9 Å². The predicted octanol–water partition coefficient (Wildman–Crippen LogP) is 2.91. The van der Waals surface area contributed by atoms with Gasteiger partial charge in [-0.15, -0.1) is 18.8 Å². The van der Waals surface area contributed by atoms with Crippen LogP contribution in [0.4, 0.5) is 0 Å². The largest absolute Gasteiger partial charge is 0.694 e. The van der Waals surface area contributed by atoms with Crippen molar-refractivity contribution < 1.29 is 28.0 Å². The third kappa shape index (κ3) is 23.7. The van der Waals surface area contributed by atoms with Crippen molar-refractivity contribution >= 4 is 16.5 Å². The first-order chi connectivity index (χ1) is 7.54. The van der Waals surface area contributed by atoms with Crippen LogP contribution < -0.4 is 0 Å². The summed E-state index contributed by atoms with van der Waals surface area (Å²) in [6.07, 6.45) is 3.68. The summed E-state index contributed by atoms with van der Waals surface area (Å²) in [4.78, 5) is 16.1. The highest BCUT2D eigenvalue weighted by molar-refractivity contribution is 7.32. The molecule has 0 radical (unpaired) electrons. The molecule has 2 unspecified atom stereocenters. The topological polar surface area (TPSA) is 93.1 Å². The molecule has 0 aliphatic carbocycles. The highest BCUT2D eigenvalue weighted by Gasteiger charge is 2.09. The van der Waals surface area contributed by atoms with Crippen LogP contribution in [0.5, 0.6) is 0 Å². The van der Waals surface area contributed by atoms with Crippen molar-refractivity contribution in [1.82, 2.24) is 0 Å². The van der Waals surface area contributed by atoms with Gasteiger partial charge in [0.1, 0.15) is 13.2 Å². The second-order valence-electron chi connectivity index (χ2n) is 2.85. The van der Waals surface area contributed by atoms with E-state index in [0.717, 1.165) is 25.7 Å². The molecule has 8 heteroatoms. The van der Waals surface area contributed by atoms with E-state index in [-0.39, 0.29) is 0 Å². The Kier molecular flexibility index (Phi) is 17.3. The van der Waals surface area contributed by atoms with Gasteiger partial charge in [0.25, 0.3) is 0 Å². The quantitative estimate of drug-likeness (QED) is 0.522. The first-order valence-electron chi connectivity index (χ1n) is 5.12. The summed E-state index contributed by atoms with van der Waals surface area (Å²) in [5, 5.41) is 0. The minimum atomic E-state index is -2.36. The summed E-state index contributed by atoms with van der Waals surface area (Å²) in [6, 6.07) is 0. The van der Waals surface area contributed by atoms with E-state index in [2.05, 4.69) is 9.05 Å². The zero-order valence-corrected chi connectivity index (χ0v) is 11.5. The second kappa shape index (κ2) is 15.0. The third-order valence-corrected chi connectivity index (χ3v) is 2.21. The van der Waals surface area contributed by atoms with Crippen molar-refractivity contribution in [3.8, 4) is 0 Å². The molecule has 0 saturated heterocycles. The molecule has 0 aromatic heterocycles. The fourth-order valence-corrected chi connectivity index (χ4v) is 1.14. The summed E-state index contributed by atoms with van der Waals surface area (Å²) in [6.45, 7) is 4.77. The molecule has 0 heterocycles. The molecular weight excluding hydrogens is 254 g/mol. The van der Waals surface area contributed by atoms with E-state index in [0.29, 0.717) is 13.2 Å². The smallest absolute Gasteiger partial charge is 0.133 e. The molecule has 0 fully saturated rings. The molecule has 2 atom stereocenters. The Morgan fingerprint density at radius 2 is 1.19 bits per heavy atom. The van der Waals surface area contributed by atoms with Gasteiger partial charge in [0.15, 0.2) is 0 Å². The molecule has 6 nitrogen and oxygen atoms in total. The standard InChI is InChI=1S/2C4H9O3P/c2*1-2-3-4-7-8(5)6/h2*2-4H2,1H3/p+2. The Morgan fingerprint density at radius 3 is 1.38 bits per heavy atom. The molecule has 0 amide bonds. The minimum Gasteiger partial charge on any atom is -0.133 e. The average Bonchev–Trinajstić information content (AvgIpc) is 2.18. The van der Waals surface area contributed by atoms with Crippen molar-refractivity contribution in [3.05, 3.63) is 0 Å². The van der Waals surface area contributed by atoms with Crippen LogP contribution in [0.1, 0.15) is 39.5 Å². The van der Waals surface area contributed by atoms with Gasteiger partial charge in [-0.25, -0.2) is 0 Å². The van der Waals surface area contributed by atoms with E-state index in [1.807, 2.05) is 13.8 Å². The second-order valence-corrected chi connectivity index (χ2v) is 4.32. The van der Waals surface area contributed by atoms with Gasteiger partial charge in [-0.05, 0) is 12.8 Å². The number of hydrogen-bond donors (Lipinski definition) is 2. The van der Waals surface area contributed by atoms with Gasteiger partial charge < -0.3 is 0 Å². The van der Waals surface area contributed by atoms with Crippen LogP contribution in [0, 0.1) is 0 Å². The van der Waals surface area contributed by atoms with E-state index < -0.39 is 16.5 Å². The van der Waals surface area contributed by atoms with Crippen molar-refractivity contribution in [1.29, 1.82) is 0 Å². The van der Waals surface area contributed by atoms with Crippen LogP contribution in [-0.4, -0.2) is 23.0 Å². The van der Waals surface area contributed by atoms with E-state index >= 15 is 0 Å². The lowest BCUT2D eigenvalue weighted by Crippen LogP contribution is -1.82. The Balaban J connectivity index is 0. The lowest BCUT2D eigenvalue weighted by molar-refractivity contribution is 0.275. The molecule has 0 rings (SSSR count). The number of rotatable bonds is 8. The van der Waals surface area contributed by atoms with Crippen molar-refractivity contribution in [2.75, 3.05) is 13.2 Å². The number of hydrogen-bond acceptors (Lipinski definition) is 4. The number of unbranched alkanes of at least 4 members (excludes halogenated alkanes) is 2. The van der Waals surface area contributed by atoms with Crippen LogP contribution >= 0.6 is 16.5 Å².